The first-order chi connectivity index (χ1) is 12.8. The molecule has 0 aliphatic heterocycles. The minimum absolute atomic E-state index is 0.0961. The Morgan fingerprint density at radius 1 is 1.33 bits per heavy atom. The Kier molecular flexibility index (Phi) is 4.20. The average Bonchev–Trinajstić information content (AvgIpc) is 3.10. The highest BCUT2D eigenvalue weighted by atomic mass is 35.5. The molecule has 0 radical (unpaired) electrons. The van der Waals surface area contributed by atoms with Crippen molar-refractivity contribution in [3.63, 3.8) is 0 Å². The van der Waals surface area contributed by atoms with Crippen LogP contribution in [0.15, 0.2) is 29.1 Å². The van der Waals surface area contributed by atoms with Crippen molar-refractivity contribution in [2.75, 3.05) is 5.32 Å². The number of hydrogen-bond acceptors (Lipinski definition) is 5. The molecule has 10 heteroatoms. The van der Waals surface area contributed by atoms with Gasteiger partial charge in [0, 0.05) is 5.69 Å². The fourth-order valence-electron chi connectivity index (χ4n) is 2.88. The first kappa shape index (κ1) is 17.6. The molecule has 1 aromatic carbocycles. The maximum atomic E-state index is 13.1. The van der Waals surface area contributed by atoms with Gasteiger partial charge in [0.2, 0.25) is 10.9 Å². The van der Waals surface area contributed by atoms with E-state index in [1.165, 1.54) is 28.0 Å². The van der Waals surface area contributed by atoms with Gasteiger partial charge in [-0.3, -0.25) is 9.59 Å². The molecule has 3 aromatic heterocycles. The van der Waals surface area contributed by atoms with Gasteiger partial charge >= 0.3 is 0 Å². The van der Waals surface area contributed by atoms with Crippen LogP contribution in [-0.4, -0.2) is 25.1 Å². The molecule has 138 valence electrons. The van der Waals surface area contributed by atoms with E-state index in [-0.39, 0.29) is 17.1 Å². The van der Waals surface area contributed by atoms with E-state index in [1.54, 1.807) is 24.5 Å². The lowest BCUT2D eigenvalue weighted by atomic mass is 10.3. The smallest absolute Gasteiger partial charge is 0.299 e. The largest absolute Gasteiger partial charge is 0.330 e. The van der Waals surface area contributed by atoms with E-state index in [4.69, 9.17) is 11.6 Å². The van der Waals surface area contributed by atoms with Crippen LogP contribution in [0.4, 0.5) is 10.1 Å². The highest BCUT2D eigenvalue weighted by Gasteiger charge is 2.18. The number of carbonyl (C=O) groups is 1. The van der Waals surface area contributed by atoms with E-state index in [0.717, 1.165) is 11.1 Å². The van der Waals surface area contributed by atoms with Gasteiger partial charge in [0.05, 0.1) is 16.2 Å². The van der Waals surface area contributed by atoms with Crippen LogP contribution in [0, 0.1) is 19.7 Å². The molecule has 27 heavy (non-hydrogen) atoms. The van der Waals surface area contributed by atoms with Crippen LogP contribution in [0.5, 0.6) is 0 Å². The number of rotatable bonds is 3. The number of nitrogens with one attached hydrogen (secondary N) is 1. The van der Waals surface area contributed by atoms with Crippen molar-refractivity contribution in [2.24, 2.45) is 0 Å². The van der Waals surface area contributed by atoms with E-state index in [9.17, 15) is 14.0 Å². The van der Waals surface area contributed by atoms with E-state index in [2.05, 4.69) is 15.4 Å². The number of halogens is 2. The zero-order valence-electron chi connectivity index (χ0n) is 14.3. The molecule has 0 saturated heterocycles. The number of benzene rings is 1. The number of nitrogens with zero attached hydrogens (tertiary/aromatic N) is 4. The topological polar surface area (TPSA) is 81.3 Å². The molecule has 4 rings (SSSR count). The number of anilines is 1. The van der Waals surface area contributed by atoms with Gasteiger partial charge in [-0.25, -0.2) is 9.37 Å². The second-order valence-corrected chi connectivity index (χ2v) is 7.58. The number of fused-ring (bicyclic) bond motifs is 2. The lowest BCUT2D eigenvalue weighted by Crippen LogP contribution is -2.23. The van der Waals surface area contributed by atoms with E-state index in [0.29, 0.717) is 27.4 Å². The number of aromatic nitrogens is 4. The highest BCUT2D eigenvalue weighted by Crippen LogP contribution is 2.23. The SMILES string of the molecule is Cc1nn2c(=O)c3c(cc(C)n3CC(=O)Nc3ccc(F)cc3Cl)nc2s1. The van der Waals surface area contributed by atoms with Gasteiger partial charge in [-0.15, -0.1) is 0 Å². The van der Waals surface area contributed by atoms with Gasteiger partial charge in [0.25, 0.3) is 5.56 Å². The summed E-state index contributed by atoms with van der Waals surface area (Å²) >= 11 is 7.26. The summed E-state index contributed by atoms with van der Waals surface area (Å²) in [4.78, 5) is 30.2. The molecule has 0 unspecified atom stereocenters. The normalized spacial score (nSPS) is 11.4. The minimum atomic E-state index is -0.494. The number of amides is 1. The zero-order valence-corrected chi connectivity index (χ0v) is 15.9. The third kappa shape index (κ3) is 3.08. The van der Waals surface area contributed by atoms with Gasteiger partial charge < -0.3 is 9.88 Å². The van der Waals surface area contributed by atoms with Crippen molar-refractivity contribution < 1.29 is 9.18 Å². The van der Waals surface area contributed by atoms with Crippen molar-refractivity contribution in [2.45, 2.75) is 20.4 Å². The predicted octanol–water partition coefficient (Wildman–Crippen LogP) is 3.15. The van der Waals surface area contributed by atoms with Crippen LogP contribution in [0.1, 0.15) is 10.7 Å². The second kappa shape index (κ2) is 6.43. The summed E-state index contributed by atoms with van der Waals surface area (Å²) in [5, 5.41) is 7.62. The summed E-state index contributed by atoms with van der Waals surface area (Å²) in [5.41, 5.74) is 1.49. The Labute approximate surface area is 161 Å². The Morgan fingerprint density at radius 3 is 2.85 bits per heavy atom. The Morgan fingerprint density at radius 2 is 2.11 bits per heavy atom. The van der Waals surface area contributed by atoms with Crippen LogP contribution >= 0.6 is 22.9 Å². The van der Waals surface area contributed by atoms with Gasteiger partial charge in [-0.1, -0.05) is 22.9 Å². The monoisotopic (exact) mass is 405 g/mol. The van der Waals surface area contributed by atoms with Crippen molar-refractivity contribution in [3.8, 4) is 0 Å². The van der Waals surface area contributed by atoms with Crippen molar-refractivity contribution >= 4 is 50.5 Å². The third-order valence-electron chi connectivity index (χ3n) is 4.06. The lowest BCUT2D eigenvalue weighted by Gasteiger charge is -2.10. The molecule has 0 bridgehead atoms. The maximum Gasteiger partial charge on any atom is 0.299 e. The molecular formula is C17H13ClFN5O2S. The predicted molar refractivity (Wildman–Crippen MR) is 102 cm³/mol. The Balaban J connectivity index is 1.72. The second-order valence-electron chi connectivity index (χ2n) is 6.01. The number of carbonyl (C=O) groups excluding carboxylic acids is 1. The molecule has 0 aliphatic rings. The summed E-state index contributed by atoms with van der Waals surface area (Å²) in [6, 6.07) is 5.46. The summed E-state index contributed by atoms with van der Waals surface area (Å²) in [6.45, 7) is 3.47. The summed E-state index contributed by atoms with van der Waals surface area (Å²) < 4.78 is 16.0. The first-order valence-corrected chi connectivity index (χ1v) is 9.14. The average molecular weight is 406 g/mol. The van der Waals surface area contributed by atoms with Crippen LogP contribution in [-0.2, 0) is 11.3 Å². The summed E-state index contributed by atoms with van der Waals surface area (Å²) in [5.74, 6) is -0.894. The standard InChI is InChI=1S/C17H13ClFN5O2S/c1-8-5-13-15(16(26)24-17(21-13)27-9(2)22-24)23(8)7-14(25)20-12-4-3-10(19)6-11(12)18/h3-6H,7H2,1-2H3,(H,20,25). The molecule has 1 N–H and O–H groups in total. The van der Waals surface area contributed by atoms with Crippen LogP contribution < -0.4 is 10.9 Å². The van der Waals surface area contributed by atoms with E-state index >= 15 is 0 Å². The van der Waals surface area contributed by atoms with Gasteiger partial charge in [-0.05, 0) is 38.1 Å². The van der Waals surface area contributed by atoms with Crippen molar-refractivity contribution in [1.82, 2.24) is 19.2 Å². The summed E-state index contributed by atoms with van der Waals surface area (Å²) in [7, 11) is 0. The number of hydrogen-bond donors (Lipinski definition) is 1. The van der Waals surface area contributed by atoms with Gasteiger partial charge in [0.15, 0.2) is 0 Å². The van der Waals surface area contributed by atoms with Gasteiger partial charge in [0.1, 0.15) is 22.9 Å². The zero-order chi connectivity index (χ0) is 19.3. The van der Waals surface area contributed by atoms with Gasteiger partial charge in [-0.2, -0.15) is 9.61 Å². The molecule has 0 atom stereocenters. The fourth-order valence-corrected chi connectivity index (χ4v) is 3.84. The molecule has 0 spiro atoms. The van der Waals surface area contributed by atoms with Crippen LogP contribution in [0.25, 0.3) is 16.0 Å². The Hall–Kier alpha value is -2.78. The van der Waals surface area contributed by atoms with Crippen molar-refractivity contribution in [1.29, 1.82) is 0 Å². The molecule has 0 aliphatic carbocycles. The molecular weight excluding hydrogens is 393 g/mol. The molecule has 3 heterocycles. The highest BCUT2D eigenvalue weighted by molar-refractivity contribution is 7.16. The van der Waals surface area contributed by atoms with Crippen molar-refractivity contribution in [3.05, 3.63) is 56.2 Å². The molecule has 7 nitrogen and oxygen atoms in total. The third-order valence-corrected chi connectivity index (χ3v) is 5.20. The number of aryl methyl sites for hydroxylation is 2. The molecule has 1 amide bonds. The fraction of sp³-hybridized carbons (Fsp3) is 0.176. The lowest BCUT2D eigenvalue weighted by molar-refractivity contribution is -0.116. The van der Waals surface area contributed by atoms with E-state index in [1.807, 2.05) is 0 Å². The molecule has 0 saturated carbocycles. The van der Waals surface area contributed by atoms with Crippen LogP contribution in [0.2, 0.25) is 5.02 Å². The quantitative estimate of drug-likeness (QED) is 0.567. The van der Waals surface area contributed by atoms with E-state index < -0.39 is 11.7 Å². The maximum absolute atomic E-state index is 13.1. The molecule has 0 fully saturated rings. The first-order valence-electron chi connectivity index (χ1n) is 7.94. The molecule has 4 aromatic rings. The Bertz CT molecular complexity index is 1280. The van der Waals surface area contributed by atoms with Crippen LogP contribution in [0.3, 0.4) is 0 Å². The summed E-state index contributed by atoms with van der Waals surface area (Å²) in [6.07, 6.45) is 0. The minimum Gasteiger partial charge on any atom is -0.330 e.